The maximum absolute atomic E-state index is 4.24. The first kappa shape index (κ1) is 6.27. The molecule has 0 aromatic carbocycles. The van der Waals surface area contributed by atoms with Crippen LogP contribution in [0.5, 0.6) is 0 Å². The zero-order chi connectivity index (χ0) is 7.68. The van der Waals surface area contributed by atoms with Crippen molar-refractivity contribution < 1.29 is 0 Å². The molecule has 2 aromatic rings. The zero-order valence-corrected chi connectivity index (χ0v) is 6.23. The van der Waals surface area contributed by atoms with Gasteiger partial charge in [-0.1, -0.05) is 6.92 Å². The van der Waals surface area contributed by atoms with Crippen LogP contribution in [0.25, 0.3) is 5.78 Å². The molecule has 0 saturated heterocycles. The summed E-state index contributed by atoms with van der Waals surface area (Å²) >= 11 is 0. The van der Waals surface area contributed by atoms with Gasteiger partial charge in [0.05, 0.1) is 0 Å². The van der Waals surface area contributed by atoms with Crippen molar-refractivity contribution in [2.75, 3.05) is 0 Å². The number of aromatic nitrogens is 4. The van der Waals surface area contributed by atoms with E-state index in [1.165, 1.54) is 0 Å². The SMILES string of the molecule is CCc1ccn2cnnc2n1. The van der Waals surface area contributed by atoms with E-state index in [-0.39, 0.29) is 0 Å². The predicted molar refractivity (Wildman–Crippen MR) is 40.2 cm³/mol. The third kappa shape index (κ3) is 0.960. The van der Waals surface area contributed by atoms with E-state index in [4.69, 9.17) is 0 Å². The molecule has 0 atom stereocenters. The highest BCUT2D eigenvalue weighted by Gasteiger charge is 1.95. The summed E-state index contributed by atoms with van der Waals surface area (Å²) < 4.78 is 1.79. The molecule has 0 spiro atoms. The average molecular weight is 148 g/mol. The Morgan fingerprint density at radius 1 is 1.55 bits per heavy atom. The molecule has 11 heavy (non-hydrogen) atoms. The molecule has 0 radical (unpaired) electrons. The Bertz CT molecular complexity index is 365. The highest BCUT2D eigenvalue weighted by molar-refractivity contribution is 5.26. The monoisotopic (exact) mass is 148 g/mol. The van der Waals surface area contributed by atoms with Gasteiger partial charge < -0.3 is 0 Å². The first-order valence-electron chi connectivity index (χ1n) is 3.55. The largest absolute Gasteiger partial charge is 0.273 e. The van der Waals surface area contributed by atoms with E-state index in [0.717, 1.165) is 12.1 Å². The lowest BCUT2D eigenvalue weighted by molar-refractivity contribution is 0.991. The fourth-order valence-corrected chi connectivity index (χ4v) is 0.951. The molecule has 0 saturated carbocycles. The molecular weight excluding hydrogens is 140 g/mol. The van der Waals surface area contributed by atoms with Crippen molar-refractivity contribution in [3.05, 3.63) is 24.3 Å². The zero-order valence-electron chi connectivity index (χ0n) is 6.23. The number of nitrogens with zero attached hydrogens (tertiary/aromatic N) is 4. The summed E-state index contributed by atoms with van der Waals surface area (Å²) in [6.07, 6.45) is 4.49. The molecule has 2 heterocycles. The van der Waals surface area contributed by atoms with Crippen molar-refractivity contribution in [3.63, 3.8) is 0 Å². The van der Waals surface area contributed by atoms with Gasteiger partial charge in [-0.3, -0.25) is 4.40 Å². The summed E-state index contributed by atoms with van der Waals surface area (Å²) in [5, 5.41) is 7.56. The summed E-state index contributed by atoms with van der Waals surface area (Å²) in [6.45, 7) is 2.06. The molecular formula is C7H8N4. The third-order valence-electron chi connectivity index (χ3n) is 1.59. The number of hydrogen-bond acceptors (Lipinski definition) is 3. The number of hydrogen-bond donors (Lipinski definition) is 0. The van der Waals surface area contributed by atoms with Crippen LogP contribution in [0.2, 0.25) is 0 Å². The van der Waals surface area contributed by atoms with Crippen LogP contribution in [-0.2, 0) is 6.42 Å². The van der Waals surface area contributed by atoms with Crippen LogP contribution < -0.4 is 0 Å². The predicted octanol–water partition coefficient (Wildman–Crippen LogP) is 0.687. The lowest BCUT2D eigenvalue weighted by Crippen LogP contribution is -1.91. The van der Waals surface area contributed by atoms with Gasteiger partial charge in [-0.25, -0.2) is 4.98 Å². The molecule has 0 fully saturated rings. The van der Waals surface area contributed by atoms with Crippen LogP contribution >= 0.6 is 0 Å². The highest BCUT2D eigenvalue weighted by Crippen LogP contribution is 1.98. The van der Waals surface area contributed by atoms with E-state index in [9.17, 15) is 0 Å². The Labute approximate surface area is 63.9 Å². The first-order chi connectivity index (χ1) is 5.40. The Hall–Kier alpha value is -1.45. The van der Waals surface area contributed by atoms with Gasteiger partial charge in [0.25, 0.3) is 5.78 Å². The molecule has 2 aromatic heterocycles. The topological polar surface area (TPSA) is 43.1 Å². The van der Waals surface area contributed by atoms with E-state index in [1.54, 1.807) is 10.7 Å². The molecule has 0 aliphatic rings. The van der Waals surface area contributed by atoms with Gasteiger partial charge in [-0.15, -0.1) is 10.2 Å². The van der Waals surface area contributed by atoms with E-state index < -0.39 is 0 Å². The van der Waals surface area contributed by atoms with E-state index in [1.807, 2.05) is 12.3 Å². The molecule has 0 aliphatic carbocycles. The van der Waals surface area contributed by atoms with Crippen LogP contribution in [0.4, 0.5) is 0 Å². The lowest BCUT2D eigenvalue weighted by Gasteiger charge is -1.93. The average Bonchev–Trinajstić information content (AvgIpc) is 2.50. The quantitative estimate of drug-likeness (QED) is 0.597. The van der Waals surface area contributed by atoms with E-state index in [0.29, 0.717) is 5.78 Å². The van der Waals surface area contributed by atoms with Crippen LogP contribution in [0.3, 0.4) is 0 Å². The Morgan fingerprint density at radius 3 is 3.27 bits per heavy atom. The minimum Gasteiger partial charge on any atom is -0.273 e. The van der Waals surface area contributed by atoms with E-state index >= 15 is 0 Å². The minimum absolute atomic E-state index is 0.671. The standard InChI is InChI=1S/C7H8N4/c1-2-6-3-4-11-5-8-10-7(11)9-6/h3-5H,2H2,1H3. The molecule has 0 N–H and O–H groups in total. The smallest absolute Gasteiger partial charge is 0.254 e. The van der Waals surface area contributed by atoms with Gasteiger partial charge in [0.1, 0.15) is 6.33 Å². The van der Waals surface area contributed by atoms with Gasteiger partial charge in [0, 0.05) is 11.9 Å². The highest BCUT2D eigenvalue weighted by atomic mass is 15.3. The van der Waals surface area contributed by atoms with Gasteiger partial charge in [0.2, 0.25) is 0 Å². The second kappa shape index (κ2) is 2.30. The summed E-state index contributed by atoms with van der Waals surface area (Å²) in [5.41, 5.74) is 1.05. The van der Waals surface area contributed by atoms with Crippen LogP contribution in [-0.4, -0.2) is 19.6 Å². The Kier molecular flexibility index (Phi) is 1.31. The second-order valence-electron chi connectivity index (χ2n) is 2.31. The van der Waals surface area contributed by atoms with Crippen molar-refractivity contribution >= 4 is 5.78 Å². The molecule has 4 nitrogen and oxygen atoms in total. The Balaban J connectivity index is 2.67. The van der Waals surface area contributed by atoms with Crippen LogP contribution in [0.15, 0.2) is 18.6 Å². The molecule has 2 rings (SSSR count). The summed E-state index contributed by atoms with van der Waals surface area (Å²) in [4.78, 5) is 4.24. The minimum atomic E-state index is 0.671. The van der Waals surface area contributed by atoms with Gasteiger partial charge in [0.15, 0.2) is 0 Å². The lowest BCUT2D eigenvalue weighted by atomic mass is 10.3. The van der Waals surface area contributed by atoms with Gasteiger partial charge in [-0.05, 0) is 12.5 Å². The van der Waals surface area contributed by atoms with Crippen LogP contribution in [0, 0.1) is 0 Å². The molecule has 4 heteroatoms. The molecule has 0 bridgehead atoms. The molecule has 56 valence electrons. The summed E-state index contributed by atoms with van der Waals surface area (Å²) in [5.74, 6) is 0.671. The third-order valence-corrected chi connectivity index (χ3v) is 1.59. The maximum atomic E-state index is 4.24. The van der Waals surface area contributed by atoms with Crippen molar-refractivity contribution in [1.82, 2.24) is 19.6 Å². The Morgan fingerprint density at radius 2 is 2.45 bits per heavy atom. The van der Waals surface area contributed by atoms with Crippen molar-refractivity contribution in [1.29, 1.82) is 0 Å². The van der Waals surface area contributed by atoms with Crippen molar-refractivity contribution in [2.24, 2.45) is 0 Å². The van der Waals surface area contributed by atoms with E-state index in [2.05, 4.69) is 22.1 Å². The summed E-state index contributed by atoms with van der Waals surface area (Å²) in [7, 11) is 0. The first-order valence-corrected chi connectivity index (χ1v) is 3.55. The fourth-order valence-electron chi connectivity index (χ4n) is 0.951. The van der Waals surface area contributed by atoms with Crippen LogP contribution in [0.1, 0.15) is 12.6 Å². The normalized spacial score (nSPS) is 10.6. The number of fused-ring (bicyclic) bond motifs is 1. The number of rotatable bonds is 1. The number of aryl methyl sites for hydroxylation is 1. The van der Waals surface area contributed by atoms with Crippen molar-refractivity contribution in [2.45, 2.75) is 13.3 Å². The molecule has 0 aliphatic heterocycles. The van der Waals surface area contributed by atoms with Gasteiger partial charge >= 0.3 is 0 Å². The maximum Gasteiger partial charge on any atom is 0.254 e. The van der Waals surface area contributed by atoms with Gasteiger partial charge in [-0.2, -0.15) is 0 Å². The molecule has 0 unspecified atom stereocenters. The molecule has 0 amide bonds. The van der Waals surface area contributed by atoms with Crippen molar-refractivity contribution in [3.8, 4) is 0 Å². The second-order valence-corrected chi connectivity index (χ2v) is 2.31. The fraction of sp³-hybridized carbons (Fsp3) is 0.286. The summed E-state index contributed by atoms with van der Waals surface area (Å²) in [6, 6.07) is 1.97.